The van der Waals surface area contributed by atoms with Crippen LogP contribution < -0.4 is 5.32 Å². The smallest absolute Gasteiger partial charge is 0.299 e. The molecule has 7 nitrogen and oxygen atoms in total. The lowest BCUT2D eigenvalue weighted by Crippen LogP contribution is -2.10. The predicted molar refractivity (Wildman–Crippen MR) is 96.9 cm³/mol. The maximum absolute atomic E-state index is 11.4. The summed E-state index contributed by atoms with van der Waals surface area (Å²) in [4.78, 5) is 21.6. The van der Waals surface area contributed by atoms with E-state index in [-0.39, 0.29) is 23.3 Å². The Labute approximate surface area is 146 Å². The summed E-state index contributed by atoms with van der Waals surface area (Å²) in [6, 6.07) is 11.9. The minimum atomic E-state index is -0.590. The first-order valence-electron chi connectivity index (χ1n) is 8.13. The summed E-state index contributed by atoms with van der Waals surface area (Å²) in [6.07, 6.45) is 0.701. The van der Waals surface area contributed by atoms with E-state index in [0.717, 1.165) is 11.6 Å². The summed E-state index contributed by atoms with van der Waals surface area (Å²) in [6.45, 7) is 5.69. The van der Waals surface area contributed by atoms with Crippen LogP contribution in [0.25, 0.3) is 0 Å². The van der Waals surface area contributed by atoms with Crippen LogP contribution >= 0.6 is 0 Å². The first-order chi connectivity index (χ1) is 11.8. The van der Waals surface area contributed by atoms with E-state index in [9.17, 15) is 20.2 Å². The van der Waals surface area contributed by atoms with E-state index < -0.39 is 9.85 Å². The van der Waals surface area contributed by atoms with Crippen LogP contribution in [-0.2, 0) is 0 Å². The summed E-state index contributed by atoms with van der Waals surface area (Å²) in [5, 5.41) is 25.9. The lowest BCUT2D eigenvalue weighted by Gasteiger charge is -2.18. The highest BCUT2D eigenvalue weighted by Crippen LogP contribution is 2.38. The van der Waals surface area contributed by atoms with Crippen LogP contribution in [0, 0.1) is 20.2 Å². The van der Waals surface area contributed by atoms with Gasteiger partial charge in [0.25, 0.3) is 11.4 Å². The van der Waals surface area contributed by atoms with E-state index in [4.69, 9.17) is 0 Å². The van der Waals surface area contributed by atoms with Gasteiger partial charge < -0.3 is 5.32 Å². The monoisotopic (exact) mass is 343 g/mol. The fraction of sp³-hybridized carbons (Fsp3) is 0.333. The molecule has 2 rings (SSSR count). The fourth-order valence-electron chi connectivity index (χ4n) is 2.69. The molecular formula is C18H21N3O4. The van der Waals surface area contributed by atoms with E-state index in [0.29, 0.717) is 17.7 Å². The van der Waals surface area contributed by atoms with Crippen molar-refractivity contribution in [3.63, 3.8) is 0 Å². The zero-order valence-electron chi connectivity index (χ0n) is 14.4. The zero-order valence-corrected chi connectivity index (χ0v) is 14.4. The molecule has 0 spiro atoms. The quantitative estimate of drug-likeness (QED) is 0.551. The van der Waals surface area contributed by atoms with Crippen molar-refractivity contribution in [1.82, 2.24) is 0 Å². The highest BCUT2D eigenvalue weighted by Gasteiger charge is 2.27. The Balaban J connectivity index is 2.51. The number of anilines is 1. The summed E-state index contributed by atoms with van der Waals surface area (Å²) in [5.41, 5.74) is 1.27. The van der Waals surface area contributed by atoms with Crippen molar-refractivity contribution < 1.29 is 9.85 Å². The Morgan fingerprint density at radius 3 is 2.12 bits per heavy atom. The Morgan fingerprint density at radius 1 is 1.00 bits per heavy atom. The molecule has 7 heteroatoms. The van der Waals surface area contributed by atoms with Crippen molar-refractivity contribution >= 4 is 17.1 Å². The van der Waals surface area contributed by atoms with Crippen molar-refractivity contribution in [2.75, 3.05) is 5.32 Å². The SMILES string of the molecule is CC[C@H](C)c1cc(N[C@H](C)c2ccccc2)c([N+](=O)[O-])cc1[N+](=O)[O-]. The molecular weight excluding hydrogens is 322 g/mol. The van der Waals surface area contributed by atoms with Crippen LogP contribution in [-0.4, -0.2) is 9.85 Å². The van der Waals surface area contributed by atoms with Crippen LogP contribution in [0.1, 0.15) is 50.3 Å². The molecule has 2 atom stereocenters. The van der Waals surface area contributed by atoms with Gasteiger partial charge in [0, 0.05) is 11.6 Å². The van der Waals surface area contributed by atoms with Gasteiger partial charge in [0.05, 0.1) is 15.9 Å². The summed E-state index contributed by atoms with van der Waals surface area (Å²) < 4.78 is 0. The average Bonchev–Trinajstić information content (AvgIpc) is 2.60. The third-order valence-electron chi connectivity index (χ3n) is 4.35. The maximum Gasteiger partial charge on any atom is 0.299 e. The Kier molecular flexibility index (Phi) is 5.69. The number of hydrogen-bond acceptors (Lipinski definition) is 5. The molecule has 132 valence electrons. The van der Waals surface area contributed by atoms with Crippen molar-refractivity contribution in [3.8, 4) is 0 Å². The van der Waals surface area contributed by atoms with Gasteiger partial charge >= 0.3 is 0 Å². The maximum atomic E-state index is 11.4. The average molecular weight is 343 g/mol. The van der Waals surface area contributed by atoms with Gasteiger partial charge in [-0.25, -0.2) is 0 Å². The Hall–Kier alpha value is -2.96. The number of nitro benzene ring substituents is 2. The van der Waals surface area contributed by atoms with Gasteiger partial charge in [-0.3, -0.25) is 20.2 Å². The van der Waals surface area contributed by atoms with Crippen molar-refractivity contribution in [1.29, 1.82) is 0 Å². The van der Waals surface area contributed by atoms with E-state index in [1.165, 1.54) is 0 Å². The molecule has 0 bridgehead atoms. The topological polar surface area (TPSA) is 98.3 Å². The van der Waals surface area contributed by atoms with E-state index in [2.05, 4.69) is 5.32 Å². The minimum Gasteiger partial charge on any atom is -0.373 e. The van der Waals surface area contributed by atoms with Crippen LogP contribution in [0.15, 0.2) is 42.5 Å². The van der Waals surface area contributed by atoms with E-state index in [1.54, 1.807) is 6.07 Å². The van der Waals surface area contributed by atoms with Crippen molar-refractivity contribution in [3.05, 3.63) is 73.8 Å². The summed E-state index contributed by atoms with van der Waals surface area (Å²) in [5.74, 6) is -0.0752. The Morgan fingerprint density at radius 2 is 1.60 bits per heavy atom. The molecule has 0 saturated heterocycles. The molecule has 0 aromatic heterocycles. The fourth-order valence-corrected chi connectivity index (χ4v) is 2.69. The zero-order chi connectivity index (χ0) is 18.6. The summed E-state index contributed by atoms with van der Waals surface area (Å²) in [7, 11) is 0. The van der Waals surface area contributed by atoms with Gasteiger partial charge in [-0.15, -0.1) is 0 Å². The lowest BCUT2D eigenvalue weighted by molar-refractivity contribution is -0.394. The third kappa shape index (κ3) is 4.12. The number of nitrogens with one attached hydrogen (secondary N) is 1. The molecule has 0 unspecified atom stereocenters. The van der Waals surface area contributed by atoms with E-state index in [1.807, 2.05) is 51.1 Å². The first-order valence-corrected chi connectivity index (χ1v) is 8.13. The minimum absolute atomic E-state index is 0.0752. The third-order valence-corrected chi connectivity index (χ3v) is 4.35. The van der Waals surface area contributed by atoms with Gasteiger partial charge in [-0.1, -0.05) is 44.2 Å². The molecule has 0 radical (unpaired) electrons. The predicted octanol–water partition coefficient (Wildman–Crippen LogP) is 5.19. The Bertz CT molecular complexity index is 777. The van der Waals surface area contributed by atoms with Gasteiger partial charge in [0.2, 0.25) is 0 Å². The molecule has 2 aromatic carbocycles. The van der Waals surface area contributed by atoms with E-state index >= 15 is 0 Å². The second-order valence-corrected chi connectivity index (χ2v) is 6.03. The largest absolute Gasteiger partial charge is 0.373 e. The molecule has 0 amide bonds. The number of nitro groups is 2. The van der Waals surface area contributed by atoms with Crippen LogP contribution in [0.2, 0.25) is 0 Å². The van der Waals surface area contributed by atoms with Gasteiger partial charge in [-0.05, 0) is 30.9 Å². The summed E-state index contributed by atoms with van der Waals surface area (Å²) >= 11 is 0. The standard InChI is InChI=1S/C18H21N3O4/c1-4-12(2)15-10-16(18(21(24)25)11-17(15)20(22)23)19-13(3)14-8-6-5-7-9-14/h5-13,19H,4H2,1-3H3/t12-,13+/m0/s1. The molecule has 0 fully saturated rings. The number of hydrogen-bond donors (Lipinski definition) is 1. The second kappa shape index (κ2) is 7.74. The molecule has 0 saturated carbocycles. The van der Waals surface area contributed by atoms with Gasteiger partial charge in [0.1, 0.15) is 5.69 Å². The number of benzene rings is 2. The molecule has 0 aliphatic heterocycles. The molecule has 1 N–H and O–H groups in total. The van der Waals surface area contributed by atoms with Crippen LogP contribution in [0.4, 0.5) is 17.1 Å². The van der Waals surface area contributed by atoms with Crippen LogP contribution in [0.5, 0.6) is 0 Å². The molecule has 0 aliphatic rings. The molecule has 0 heterocycles. The molecule has 25 heavy (non-hydrogen) atoms. The second-order valence-electron chi connectivity index (χ2n) is 6.03. The van der Waals surface area contributed by atoms with Crippen LogP contribution in [0.3, 0.4) is 0 Å². The normalized spacial score (nSPS) is 13.1. The van der Waals surface area contributed by atoms with Crippen molar-refractivity contribution in [2.45, 2.75) is 39.2 Å². The molecule has 2 aromatic rings. The highest BCUT2D eigenvalue weighted by molar-refractivity contribution is 5.69. The van der Waals surface area contributed by atoms with Crippen molar-refractivity contribution in [2.24, 2.45) is 0 Å². The number of rotatable bonds is 7. The first kappa shape index (κ1) is 18.4. The van der Waals surface area contributed by atoms with Gasteiger partial charge in [-0.2, -0.15) is 0 Å². The number of nitrogens with zero attached hydrogens (tertiary/aromatic N) is 2. The highest BCUT2D eigenvalue weighted by atomic mass is 16.6. The lowest BCUT2D eigenvalue weighted by atomic mass is 9.95. The van der Waals surface area contributed by atoms with Gasteiger partial charge in [0.15, 0.2) is 0 Å². The molecule has 0 aliphatic carbocycles.